The Morgan fingerprint density at radius 2 is 2.15 bits per heavy atom. The molecule has 2 aromatic heterocycles. The van der Waals surface area contributed by atoms with Crippen LogP contribution in [0.5, 0.6) is 0 Å². The molecule has 2 aromatic rings. The van der Waals surface area contributed by atoms with E-state index in [0.29, 0.717) is 11.0 Å². The van der Waals surface area contributed by atoms with Crippen molar-refractivity contribution in [2.24, 2.45) is 7.05 Å². The number of hydrogen-bond donors (Lipinski definition) is 0. The molecule has 0 radical (unpaired) electrons. The van der Waals surface area contributed by atoms with Crippen LogP contribution in [0, 0.1) is 0 Å². The Hall–Kier alpha value is -1.42. The zero-order valence-electron chi connectivity index (χ0n) is 6.98. The molecule has 0 unspecified atom stereocenters. The molecular weight excluding hydrogens is 188 g/mol. The van der Waals surface area contributed by atoms with Crippen LogP contribution in [0.25, 0.3) is 11.5 Å². The van der Waals surface area contributed by atoms with E-state index in [1.54, 1.807) is 23.1 Å². The van der Waals surface area contributed by atoms with Crippen LogP contribution >= 0.6 is 11.6 Å². The Kier molecular flexibility index (Phi) is 1.98. The van der Waals surface area contributed by atoms with Crippen molar-refractivity contribution in [3.05, 3.63) is 29.7 Å². The van der Waals surface area contributed by atoms with Gasteiger partial charge in [-0.3, -0.25) is 4.68 Å². The van der Waals surface area contributed by atoms with Crippen molar-refractivity contribution >= 4 is 11.6 Å². The van der Waals surface area contributed by atoms with E-state index in [1.807, 2.05) is 13.1 Å². The summed E-state index contributed by atoms with van der Waals surface area (Å²) in [5.74, 6) is 0.590. The highest BCUT2D eigenvalue weighted by molar-refractivity contribution is 6.29. The van der Waals surface area contributed by atoms with E-state index >= 15 is 0 Å². The summed E-state index contributed by atoms with van der Waals surface area (Å²) in [5.41, 5.74) is 0.850. The summed E-state index contributed by atoms with van der Waals surface area (Å²) in [7, 11) is 1.83. The maximum absolute atomic E-state index is 5.73. The summed E-state index contributed by atoms with van der Waals surface area (Å²) in [6.45, 7) is 0. The summed E-state index contributed by atoms with van der Waals surface area (Å²) >= 11 is 5.73. The first-order valence-electron chi connectivity index (χ1n) is 3.74. The Bertz CT molecular complexity index is 424. The predicted octanol–water partition coefficient (Wildman–Crippen LogP) is 1.53. The zero-order valence-corrected chi connectivity index (χ0v) is 7.73. The highest BCUT2D eigenvalue weighted by atomic mass is 35.5. The van der Waals surface area contributed by atoms with E-state index in [0.717, 1.165) is 5.69 Å². The molecule has 66 valence electrons. The number of aromatic nitrogens is 4. The number of aryl methyl sites for hydroxylation is 1. The lowest BCUT2D eigenvalue weighted by Gasteiger charge is -1.99. The highest BCUT2D eigenvalue weighted by Gasteiger charge is 2.04. The van der Waals surface area contributed by atoms with Gasteiger partial charge in [0.05, 0.1) is 0 Å². The zero-order chi connectivity index (χ0) is 9.26. The molecule has 0 aliphatic rings. The average molecular weight is 195 g/mol. The summed E-state index contributed by atoms with van der Waals surface area (Å²) in [6, 6.07) is 3.48. The van der Waals surface area contributed by atoms with Crippen LogP contribution in [0.3, 0.4) is 0 Å². The van der Waals surface area contributed by atoms with E-state index in [1.165, 1.54) is 0 Å². The lowest BCUT2D eigenvalue weighted by atomic mass is 10.4. The van der Waals surface area contributed by atoms with Crippen LogP contribution in [0.4, 0.5) is 0 Å². The topological polar surface area (TPSA) is 43.6 Å². The first-order valence-corrected chi connectivity index (χ1v) is 4.12. The van der Waals surface area contributed by atoms with Gasteiger partial charge in [-0.15, -0.1) is 0 Å². The molecule has 0 bridgehead atoms. The van der Waals surface area contributed by atoms with Crippen LogP contribution in [0.1, 0.15) is 0 Å². The van der Waals surface area contributed by atoms with Crippen LogP contribution in [-0.2, 0) is 7.05 Å². The van der Waals surface area contributed by atoms with Crippen molar-refractivity contribution in [1.82, 2.24) is 19.7 Å². The molecule has 0 fully saturated rings. The summed E-state index contributed by atoms with van der Waals surface area (Å²) in [6.07, 6.45) is 3.32. The molecule has 0 aliphatic heterocycles. The Morgan fingerprint density at radius 1 is 1.31 bits per heavy atom. The standard InChI is InChI=1S/C8H7ClN4/c1-13-6(2-5-11-13)8-10-4-3-7(9)12-8/h2-5H,1H3. The van der Waals surface area contributed by atoms with Crippen LogP contribution in [0.2, 0.25) is 5.15 Å². The van der Waals surface area contributed by atoms with Gasteiger partial charge in [-0.05, 0) is 12.1 Å². The smallest absolute Gasteiger partial charge is 0.179 e. The van der Waals surface area contributed by atoms with E-state index in [-0.39, 0.29) is 0 Å². The second kappa shape index (κ2) is 3.14. The van der Waals surface area contributed by atoms with E-state index in [9.17, 15) is 0 Å². The van der Waals surface area contributed by atoms with E-state index in [2.05, 4.69) is 15.1 Å². The fraction of sp³-hybridized carbons (Fsp3) is 0.125. The monoisotopic (exact) mass is 194 g/mol. The molecule has 4 nitrogen and oxygen atoms in total. The van der Waals surface area contributed by atoms with Crippen molar-refractivity contribution in [3.63, 3.8) is 0 Å². The molecule has 0 saturated carbocycles. The van der Waals surface area contributed by atoms with Gasteiger partial charge in [0.2, 0.25) is 0 Å². The maximum atomic E-state index is 5.73. The number of halogens is 1. The molecular formula is C8H7ClN4. The van der Waals surface area contributed by atoms with Gasteiger partial charge in [0.25, 0.3) is 0 Å². The Balaban J connectivity index is 2.53. The largest absolute Gasteiger partial charge is 0.265 e. The molecule has 0 aromatic carbocycles. The normalized spacial score (nSPS) is 10.3. The molecule has 0 N–H and O–H groups in total. The predicted molar refractivity (Wildman–Crippen MR) is 49.2 cm³/mol. The van der Waals surface area contributed by atoms with Crippen LogP contribution < -0.4 is 0 Å². The molecule has 2 heterocycles. The van der Waals surface area contributed by atoms with Crippen molar-refractivity contribution in [2.45, 2.75) is 0 Å². The van der Waals surface area contributed by atoms with Crippen molar-refractivity contribution < 1.29 is 0 Å². The summed E-state index contributed by atoms with van der Waals surface area (Å²) < 4.78 is 1.70. The van der Waals surface area contributed by atoms with Gasteiger partial charge < -0.3 is 0 Å². The van der Waals surface area contributed by atoms with E-state index < -0.39 is 0 Å². The quantitative estimate of drug-likeness (QED) is 0.647. The van der Waals surface area contributed by atoms with Gasteiger partial charge in [-0.2, -0.15) is 5.10 Å². The molecule has 5 heteroatoms. The molecule has 13 heavy (non-hydrogen) atoms. The average Bonchev–Trinajstić information content (AvgIpc) is 2.51. The van der Waals surface area contributed by atoms with E-state index in [4.69, 9.17) is 11.6 Å². The number of hydrogen-bond acceptors (Lipinski definition) is 3. The van der Waals surface area contributed by atoms with Gasteiger partial charge in [-0.1, -0.05) is 11.6 Å². The Labute approximate surface area is 80.2 Å². The minimum absolute atomic E-state index is 0.436. The fourth-order valence-electron chi connectivity index (χ4n) is 1.05. The van der Waals surface area contributed by atoms with Gasteiger partial charge in [0, 0.05) is 19.4 Å². The van der Waals surface area contributed by atoms with Crippen LogP contribution in [0.15, 0.2) is 24.5 Å². The van der Waals surface area contributed by atoms with Crippen molar-refractivity contribution in [2.75, 3.05) is 0 Å². The summed E-state index contributed by atoms with van der Waals surface area (Å²) in [5, 5.41) is 4.45. The third-order valence-electron chi connectivity index (χ3n) is 1.67. The third kappa shape index (κ3) is 1.53. The molecule has 0 aliphatic carbocycles. The van der Waals surface area contributed by atoms with Gasteiger partial charge in [0.1, 0.15) is 10.8 Å². The number of nitrogens with zero attached hydrogens (tertiary/aromatic N) is 4. The van der Waals surface area contributed by atoms with Gasteiger partial charge >= 0.3 is 0 Å². The molecule has 2 rings (SSSR count). The molecule has 0 spiro atoms. The lowest BCUT2D eigenvalue weighted by Crippen LogP contribution is -1.97. The van der Waals surface area contributed by atoms with Gasteiger partial charge in [0.15, 0.2) is 5.82 Å². The first kappa shape index (κ1) is 8.19. The minimum atomic E-state index is 0.436. The van der Waals surface area contributed by atoms with Crippen LogP contribution in [-0.4, -0.2) is 19.7 Å². The second-order valence-electron chi connectivity index (χ2n) is 2.54. The maximum Gasteiger partial charge on any atom is 0.179 e. The Morgan fingerprint density at radius 3 is 2.77 bits per heavy atom. The van der Waals surface area contributed by atoms with Crippen molar-refractivity contribution in [3.8, 4) is 11.5 Å². The minimum Gasteiger partial charge on any atom is -0.265 e. The fourth-order valence-corrected chi connectivity index (χ4v) is 1.19. The molecule has 0 amide bonds. The molecule has 0 saturated heterocycles. The second-order valence-corrected chi connectivity index (χ2v) is 2.93. The SMILES string of the molecule is Cn1nccc1-c1nccc(Cl)n1. The molecule has 0 atom stereocenters. The first-order chi connectivity index (χ1) is 6.27. The lowest BCUT2D eigenvalue weighted by molar-refractivity contribution is 0.770. The third-order valence-corrected chi connectivity index (χ3v) is 1.88. The van der Waals surface area contributed by atoms with Gasteiger partial charge in [-0.25, -0.2) is 9.97 Å². The van der Waals surface area contributed by atoms with Crippen molar-refractivity contribution in [1.29, 1.82) is 0 Å². The highest BCUT2D eigenvalue weighted by Crippen LogP contribution is 2.14. The number of rotatable bonds is 1. The summed E-state index contributed by atoms with van der Waals surface area (Å²) in [4.78, 5) is 8.16.